The van der Waals surface area contributed by atoms with Gasteiger partial charge in [-0.25, -0.2) is 4.79 Å². The Bertz CT molecular complexity index is 644. The van der Waals surface area contributed by atoms with E-state index in [2.05, 4.69) is 20.5 Å². The van der Waals surface area contributed by atoms with Crippen LogP contribution >= 0.6 is 0 Å². The van der Waals surface area contributed by atoms with Crippen molar-refractivity contribution in [2.24, 2.45) is 0 Å². The molecule has 0 spiro atoms. The molecular weight excluding hydrogens is 260 g/mol. The Hall–Kier alpha value is -2.70. The Morgan fingerprint density at radius 3 is 2.75 bits per heavy atom. The number of carbonyl (C=O) groups is 2. The monoisotopic (exact) mass is 274 g/mol. The normalized spacial score (nSPS) is 10.3. The number of aromatic carboxylic acids is 1. The molecule has 2 heterocycles. The summed E-state index contributed by atoms with van der Waals surface area (Å²) in [6.07, 6.45) is 2.81. The number of hydrogen-bond donors (Lipinski definition) is 3. The van der Waals surface area contributed by atoms with Crippen LogP contribution in [-0.2, 0) is 11.2 Å². The molecule has 0 aliphatic carbocycles. The van der Waals surface area contributed by atoms with Gasteiger partial charge in [0.15, 0.2) is 0 Å². The van der Waals surface area contributed by atoms with Crippen LogP contribution < -0.4 is 5.32 Å². The number of nitrogens with zero attached hydrogens (tertiary/aromatic N) is 2. The molecule has 2 rings (SSSR count). The third-order valence-corrected chi connectivity index (χ3v) is 2.94. The van der Waals surface area contributed by atoms with Crippen molar-refractivity contribution in [3.63, 3.8) is 0 Å². The van der Waals surface area contributed by atoms with E-state index in [1.165, 1.54) is 18.5 Å². The quantitative estimate of drug-likeness (QED) is 0.778. The average molecular weight is 274 g/mol. The number of nitrogens with one attached hydrogen (secondary N) is 2. The van der Waals surface area contributed by atoms with Crippen molar-refractivity contribution in [2.75, 3.05) is 5.32 Å². The van der Waals surface area contributed by atoms with Crippen LogP contribution in [0.25, 0.3) is 0 Å². The van der Waals surface area contributed by atoms with Crippen molar-refractivity contribution in [3.8, 4) is 0 Å². The first-order valence-electron chi connectivity index (χ1n) is 5.96. The molecule has 0 unspecified atom stereocenters. The second-order valence-corrected chi connectivity index (χ2v) is 4.36. The van der Waals surface area contributed by atoms with E-state index in [0.29, 0.717) is 0 Å². The summed E-state index contributed by atoms with van der Waals surface area (Å²) in [6, 6.07) is 1.34. The summed E-state index contributed by atoms with van der Waals surface area (Å²) < 4.78 is 0. The molecule has 104 valence electrons. The number of hydrogen-bond acceptors (Lipinski definition) is 4. The predicted octanol–water partition coefficient (Wildman–Crippen LogP) is 1.30. The van der Waals surface area contributed by atoms with Gasteiger partial charge < -0.3 is 10.4 Å². The minimum absolute atomic E-state index is 0.00832. The SMILES string of the molecule is Cc1n[nH]c(C)c1CC(=O)Nc1cnccc1C(=O)O. The van der Waals surface area contributed by atoms with Crippen LogP contribution in [0.2, 0.25) is 0 Å². The maximum absolute atomic E-state index is 12.0. The van der Waals surface area contributed by atoms with Gasteiger partial charge >= 0.3 is 5.97 Å². The molecule has 3 N–H and O–H groups in total. The molecule has 0 fully saturated rings. The van der Waals surface area contributed by atoms with Crippen LogP contribution in [-0.4, -0.2) is 32.2 Å². The first-order valence-corrected chi connectivity index (χ1v) is 5.96. The Kier molecular flexibility index (Phi) is 3.79. The lowest BCUT2D eigenvalue weighted by molar-refractivity contribution is -0.115. The molecular formula is C13H14N4O3. The van der Waals surface area contributed by atoms with Crippen molar-refractivity contribution in [1.29, 1.82) is 0 Å². The minimum atomic E-state index is -1.11. The van der Waals surface area contributed by atoms with Gasteiger partial charge in [-0.1, -0.05) is 0 Å². The highest BCUT2D eigenvalue weighted by Crippen LogP contribution is 2.15. The lowest BCUT2D eigenvalue weighted by Crippen LogP contribution is -2.17. The maximum Gasteiger partial charge on any atom is 0.337 e. The smallest absolute Gasteiger partial charge is 0.337 e. The van der Waals surface area contributed by atoms with Gasteiger partial charge in [-0.2, -0.15) is 5.10 Å². The molecule has 0 aliphatic heterocycles. The van der Waals surface area contributed by atoms with Crippen molar-refractivity contribution < 1.29 is 14.7 Å². The summed E-state index contributed by atoms with van der Waals surface area (Å²) >= 11 is 0. The first-order chi connectivity index (χ1) is 9.49. The van der Waals surface area contributed by atoms with Crippen LogP contribution in [0.4, 0.5) is 5.69 Å². The second kappa shape index (κ2) is 5.52. The number of pyridine rings is 1. The number of carboxylic acid groups (broad SMARTS) is 1. The van der Waals surface area contributed by atoms with E-state index in [-0.39, 0.29) is 23.6 Å². The standard InChI is InChI=1S/C13H14N4O3/c1-7-10(8(2)17-16-7)5-12(18)15-11-6-14-4-3-9(11)13(19)20/h3-4,6H,5H2,1-2H3,(H,15,18)(H,16,17)(H,19,20). The van der Waals surface area contributed by atoms with Crippen molar-refractivity contribution in [2.45, 2.75) is 20.3 Å². The van der Waals surface area contributed by atoms with E-state index in [4.69, 9.17) is 5.11 Å². The molecule has 0 aromatic carbocycles. The van der Waals surface area contributed by atoms with E-state index in [1.54, 1.807) is 6.92 Å². The van der Waals surface area contributed by atoms with Crippen molar-refractivity contribution >= 4 is 17.6 Å². The van der Waals surface area contributed by atoms with E-state index in [1.807, 2.05) is 6.92 Å². The number of H-pyrrole nitrogens is 1. The number of carbonyl (C=O) groups excluding carboxylic acids is 1. The van der Waals surface area contributed by atoms with Gasteiger partial charge in [-0.15, -0.1) is 0 Å². The van der Waals surface area contributed by atoms with Crippen LogP contribution in [0.3, 0.4) is 0 Å². The number of anilines is 1. The molecule has 7 nitrogen and oxygen atoms in total. The third-order valence-electron chi connectivity index (χ3n) is 2.94. The Morgan fingerprint density at radius 1 is 1.40 bits per heavy atom. The number of carboxylic acids is 1. The summed E-state index contributed by atoms with van der Waals surface area (Å²) in [6.45, 7) is 3.63. The summed E-state index contributed by atoms with van der Waals surface area (Å²) in [5, 5.41) is 18.4. The Labute approximate surface area is 115 Å². The molecule has 0 aliphatic rings. The first kappa shape index (κ1) is 13.7. The lowest BCUT2D eigenvalue weighted by atomic mass is 10.1. The highest BCUT2D eigenvalue weighted by Gasteiger charge is 2.15. The van der Waals surface area contributed by atoms with E-state index in [0.717, 1.165) is 17.0 Å². The highest BCUT2D eigenvalue weighted by atomic mass is 16.4. The van der Waals surface area contributed by atoms with Crippen molar-refractivity contribution in [1.82, 2.24) is 15.2 Å². The van der Waals surface area contributed by atoms with E-state index >= 15 is 0 Å². The third kappa shape index (κ3) is 2.82. The molecule has 2 aromatic heterocycles. The molecule has 7 heteroatoms. The largest absolute Gasteiger partial charge is 0.478 e. The fraction of sp³-hybridized carbons (Fsp3) is 0.231. The molecule has 0 radical (unpaired) electrons. The number of aromatic nitrogens is 3. The van der Waals surface area contributed by atoms with Crippen LogP contribution in [0.15, 0.2) is 18.5 Å². The number of aromatic amines is 1. The summed E-state index contributed by atoms with van der Waals surface area (Å²) in [5.41, 5.74) is 2.57. The van der Waals surface area contributed by atoms with Gasteiger partial charge in [-0.3, -0.25) is 14.9 Å². The number of aryl methyl sites for hydroxylation is 2. The Balaban J connectivity index is 2.15. The molecule has 1 amide bonds. The summed E-state index contributed by atoms with van der Waals surface area (Å²) in [7, 11) is 0. The molecule has 0 saturated heterocycles. The maximum atomic E-state index is 12.0. The van der Waals surface area contributed by atoms with Gasteiger partial charge in [0.25, 0.3) is 0 Å². The van der Waals surface area contributed by atoms with Crippen LogP contribution in [0.1, 0.15) is 27.3 Å². The van der Waals surface area contributed by atoms with E-state index < -0.39 is 5.97 Å². The molecule has 0 bridgehead atoms. The predicted molar refractivity (Wildman–Crippen MR) is 71.6 cm³/mol. The molecule has 0 atom stereocenters. The zero-order valence-electron chi connectivity index (χ0n) is 11.1. The summed E-state index contributed by atoms with van der Waals surface area (Å²) in [5.74, 6) is -1.42. The minimum Gasteiger partial charge on any atom is -0.478 e. The van der Waals surface area contributed by atoms with Gasteiger partial charge in [0.1, 0.15) is 0 Å². The lowest BCUT2D eigenvalue weighted by Gasteiger charge is -2.07. The Morgan fingerprint density at radius 2 is 2.15 bits per heavy atom. The van der Waals surface area contributed by atoms with Gasteiger partial charge in [-0.05, 0) is 19.9 Å². The van der Waals surface area contributed by atoms with Gasteiger partial charge in [0.2, 0.25) is 5.91 Å². The number of amides is 1. The van der Waals surface area contributed by atoms with Gasteiger partial charge in [0, 0.05) is 17.5 Å². The van der Waals surface area contributed by atoms with Gasteiger partial charge in [0.05, 0.1) is 29.6 Å². The fourth-order valence-corrected chi connectivity index (χ4v) is 1.87. The molecule has 2 aromatic rings. The van der Waals surface area contributed by atoms with Crippen LogP contribution in [0, 0.1) is 13.8 Å². The molecule has 20 heavy (non-hydrogen) atoms. The topological polar surface area (TPSA) is 108 Å². The highest BCUT2D eigenvalue weighted by molar-refractivity contribution is 6.00. The second-order valence-electron chi connectivity index (χ2n) is 4.36. The zero-order chi connectivity index (χ0) is 14.7. The van der Waals surface area contributed by atoms with Crippen molar-refractivity contribution in [3.05, 3.63) is 41.0 Å². The zero-order valence-corrected chi connectivity index (χ0v) is 11.1. The van der Waals surface area contributed by atoms with Crippen LogP contribution in [0.5, 0.6) is 0 Å². The molecule has 0 saturated carbocycles. The summed E-state index contributed by atoms with van der Waals surface area (Å²) in [4.78, 5) is 26.8. The fourth-order valence-electron chi connectivity index (χ4n) is 1.87. The number of rotatable bonds is 4. The van der Waals surface area contributed by atoms with E-state index in [9.17, 15) is 9.59 Å². The average Bonchev–Trinajstić information content (AvgIpc) is 2.71.